The fourth-order valence-corrected chi connectivity index (χ4v) is 4.35. The Bertz CT molecular complexity index is 730. The van der Waals surface area contributed by atoms with E-state index in [1.807, 2.05) is 13.1 Å². The zero-order chi connectivity index (χ0) is 15.5. The summed E-state index contributed by atoms with van der Waals surface area (Å²) in [4.78, 5) is 1.01. The molecule has 0 saturated carbocycles. The van der Waals surface area contributed by atoms with E-state index < -0.39 is 10.0 Å². The summed E-state index contributed by atoms with van der Waals surface area (Å²) in [6, 6.07) is 8.04. The molecule has 0 fully saturated rings. The second-order valence-corrected chi connectivity index (χ2v) is 8.20. The van der Waals surface area contributed by atoms with E-state index in [4.69, 9.17) is 23.2 Å². The van der Waals surface area contributed by atoms with E-state index in [0.717, 1.165) is 17.8 Å². The highest BCUT2D eigenvalue weighted by Crippen LogP contribution is 2.28. The van der Waals surface area contributed by atoms with Gasteiger partial charge in [0.15, 0.2) is 0 Å². The monoisotopic (exact) mass is 364 g/mol. The van der Waals surface area contributed by atoms with Crippen LogP contribution in [-0.4, -0.2) is 22.0 Å². The first kappa shape index (κ1) is 16.6. The number of anilines is 1. The fourth-order valence-electron chi connectivity index (χ4n) is 1.65. The third kappa shape index (κ3) is 4.34. The summed E-state index contributed by atoms with van der Waals surface area (Å²) in [5, 5.41) is 3.71. The molecule has 4 nitrogen and oxygen atoms in total. The first-order chi connectivity index (χ1) is 9.92. The van der Waals surface area contributed by atoms with Crippen molar-refractivity contribution in [2.75, 3.05) is 18.3 Å². The van der Waals surface area contributed by atoms with Crippen molar-refractivity contribution in [2.45, 2.75) is 10.6 Å². The Labute approximate surface area is 138 Å². The van der Waals surface area contributed by atoms with Crippen LogP contribution in [-0.2, 0) is 16.4 Å². The van der Waals surface area contributed by atoms with Gasteiger partial charge in [0.25, 0.3) is 10.0 Å². The molecule has 21 heavy (non-hydrogen) atoms. The van der Waals surface area contributed by atoms with Gasteiger partial charge in [-0.1, -0.05) is 23.2 Å². The van der Waals surface area contributed by atoms with Crippen molar-refractivity contribution in [3.8, 4) is 0 Å². The van der Waals surface area contributed by atoms with Gasteiger partial charge >= 0.3 is 0 Å². The molecule has 8 heteroatoms. The van der Waals surface area contributed by atoms with Gasteiger partial charge in [-0.3, -0.25) is 4.72 Å². The topological polar surface area (TPSA) is 58.2 Å². The largest absolute Gasteiger partial charge is 0.319 e. The zero-order valence-electron chi connectivity index (χ0n) is 11.2. The van der Waals surface area contributed by atoms with Crippen molar-refractivity contribution in [3.63, 3.8) is 0 Å². The lowest BCUT2D eigenvalue weighted by Gasteiger charge is -2.07. The molecule has 0 saturated heterocycles. The van der Waals surface area contributed by atoms with Crippen LogP contribution in [0.2, 0.25) is 10.0 Å². The molecular formula is C13H14Cl2N2O2S2. The van der Waals surface area contributed by atoms with E-state index in [1.165, 1.54) is 17.4 Å². The summed E-state index contributed by atoms with van der Waals surface area (Å²) < 4.78 is 27.4. The van der Waals surface area contributed by atoms with E-state index in [-0.39, 0.29) is 4.21 Å². The molecule has 0 spiro atoms. The molecule has 1 aromatic heterocycles. The van der Waals surface area contributed by atoms with Crippen LogP contribution < -0.4 is 10.0 Å². The zero-order valence-corrected chi connectivity index (χ0v) is 14.3. The standard InChI is InChI=1S/C13H14Cl2N2O2S2/c1-16-7-6-10-3-5-13(20-10)21(18,19)17-9-2-4-11(14)12(15)8-9/h2-5,8,16-17H,6-7H2,1H3. The van der Waals surface area contributed by atoms with Gasteiger partial charge in [-0.15, -0.1) is 11.3 Å². The maximum atomic E-state index is 12.3. The molecule has 0 unspecified atom stereocenters. The van der Waals surface area contributed by atoms with E-state index >= 15 is 0 Å². The number of halogens is 2. The molecule has 0 radical (unpaired) electrons. The molecule has 2 N–H and O–H groups in total. The van der Waals surface area contributed by atoms with Gasteiger partial charge in [-0.2, -0.15) is 0 Å². The van der Waals surface area contributed by atoms with Gasteiger partial charge in [0.1, 0.15) is 4.21 Å². The summed E-state index contributed by atoms with van der Waals surface area (Å²) in [5.74, 6) is 0. The van der Waals surface area contributed by atoms with Crippen LogP contribution in [0.5, 0.6) is 0 Å². The van der Waals surface area contributed by atoms with E-state index in [2.05, 4.69) is 10.0 Å². The minimum atomic E-state index is -3.60. The van der Waals surface area contributed by atoms with Crippen molar-refractivity contribution in [1.82, 2.24) is 5.32 Å². The predicted molar refractivity (Wildman–Crippen MR) is 89.2 cm³/mol. The van der Waals surface area contributed by atoms with Crippen LogP contribution in [0.4, 0.5) is 5.69 Å². The maximum absolute atomic E-state index is 12.3. The molecule has 0 aliphatic carbocycles. The predicted octanol–water partition coefficient (Wildman–Crippen LogP) is 3.62. The van der Waals surface area contributed by atoms with Gasteiger partial charge < -0.3 is 5.32 Å². The Morgan fingerprint density at radius 2 is 1.90 bits per heavy atom. The molecule has 0 aliphatic heterocycles. The molecule has 0 aliphatic rings. The maximum Gasteiger partial charge on any atom is 0.271 e. The number of thiophene rings is 1. The molecule has 0 bridgehead atoms. The van der Waals surface area contributed by atoms with Gasteiger partial charge in [0.2, 0.25) is 0 Å². The number of nitrogens with one attached hydrogen (secondary N) is 2. The smallest absolute Gasteiger partial charge is 0.271 e. The highest BCUT2D eigenvalue weighted by molar-refractivity contribution is 7.94. The van der Waals surface area contributed by atoms with Crippen molar-refractivity contribution >= 4 is 50.2 Å². The average Bonchev–Trinajstić information content (AvgIpc) is 2.90. The SMILES string of the molecule is CNCCc1ccc(S(=O)(=O)Nc2ccc(Cl)c(Cl)c2)s1. The van der Waals surface area contributed by atoms with Crippen LogP contribution in [0.3, 0.4) is 0 Å². The molecule has 2 rings (SSSR count). The summed E-state index contributed by atoms with van der Waals surface area (Å²) in [6.07, 6.45) is 0.795. The summed E-state index contributed by atoms with van der Waals surface area (Å²) in [6.45, 7) is 0.806. The lowest BCUT2D eigenvalue weighted by molar-refractivity contribution is 0.603. The van der Waals surface area contributed by atoms with E-state index in [0.29, 0.717) is 15.7 Å². The highest BCUT2D eigenvalue weighted by Gasteiger charge is 2.17. The molecule has 2 aromatic rings. The Kier molecular flexibility index (Phi) is 5.51. The summed E-state index contributed by atoms with van der Waals surface area (Å²) in [7, 11) is -1.74. The average molecular weight is 365 g/mol. The Morgan fingerprint density at radius 1 is 1.14 bits per heavy atom. The number of sulfonamides is 1. The molecule has 0 amide bonds. The van der Waals surface area contributed by atoms with Crippen LogP contribution in [0.15, 0.2) is 34.5 Å². The number of rotatable bonds is 6. The Hall–Kier alpha value is -0.790. The van der Waals surface area contributed by atoms with Crippen LogP contribution in [0.25, 0.3) is 0 Å². The Morgan fingerprint density at radius 3 is 2.57 bits per heavy atom. The lowest BCUT2D eigenvalue weighted by atomic mass is 10.3. The van der Waals surface area contributed by atoms with Gasteiger partial charge in [-0.05, 0) is 50.3 Å². The third-order valence-electron chi connectivity index (χ3n) is 2.70. The van der Waals surface area contributed by atoms with Gasteiger partial charge in [0.05, 0.1) is 15.7 Å². The molecule has 114 valence electrons. The van der Waals surface area contributed by atoms with Gasteiger partial charge in [-0.25, -0.2) is 8.42 Å². The van der Waals surface area contributed by atoms with Crippen molar-refractivity contribution in [1.29, 1.82) is 0 Å². The minimum absolute atomic E-state index is 0.277. The van der Waals surface area contributed by atoms with Gasteiger partial charge in [0, 0.05) is 4.88 Å². The molecule has 1 heterocycles. The minimum Gasteiger partial charge on any atom is -0.319 e. The second kappa shape index (κ2) is 6.98. The normalized spacial score (nSPS) is 11.6. The van der Waals surface area contributed by atoms with Crippen molar-refractivity contribution < 1.29 is 8.42 Å². The van der Waals surface area contributed by atoms with E-state index in [1.54, 1.807) is 18.2 Å². The number of hydrogen-bond donors (Lipinski definition) is 2. The molecular weight excluding hydrogens is 351 g/mol. The van der Waals surface area contributed by atoms with Crippen LogP contribution >= 0.6 is 34.5 Å². The van der Waals surface area contributed by atoms with Crippen molar-refractivity contribution in [3.05, 3.63) is 45.3 Å². The number of hydrogen-bond acceptors (Lipinski definition) is 4. The molecule has 1 aromatic carbocycles. The lowest BCUT2D eigenvalue weighted by Crippen LogP contribution is -2.11. The van der Waals surface area contributed by atoms with Crippen LogP contribution in [0, 0.1) is 0 Å². The highest BCUT2D eigenvalue weighted by atomic mass is 35.5. The van der Waals surface area contributed by atoms with Crippen molar-refractivity contribution in [2.24, 2.45) is 0 Å². The summed E-state index contributed by atoms with van der Waals surface area (Å²) >= 11 is 12.9. The fraction of sp³-hybridized carbons (Fsp3) is 0.231. The third-order valence-corrected chi connectivity index (χ3v) is 6.45. The first-order valence-electron chi connectivity index (χ1n) is 6.13. The molecule has 0 atom stereocenters. The second-order valence-electron chi connectivity index (χ2n) is 4.31. The Balaban J connectivity index is 2.17. The summed E-state index contributed by atoms with van der Waals surface area (Å²) in [5.41, 5.74) is 0.384. The number of benzene rings is 1. The first-order valence-corrected chi connectivity index (χ1v) is 9.19. The number of likely N-dealkylation sites (N-methyl/N-ethyl adjacent to an activating group) is 1. The van der Waals surface area contributed by atoms with Crippen LogP contribution in [0.1, 0.15) is 4.88 Å². The quantitative estimate of drug-likeness (QED) is 0.822. The van der Waals surface area contributed by atoms with E-state index in [9.17, 15) is 8.42 Å².